The molecule has 0 aliphatic heterocycles. The minimum atomic E-state index is -3.53. The Hall–Kier alpha value is -1.93. The maximum absolute atomic E-state index is 12.9. The molecule has 0 radical (unpaired) electrons. The van der Waals surface area contributed by atoms with Crippen LogP contribution in [-0.4, -0.2) is 58.8 Å². The first-order valence-electron chi connectivity index (χ1n) is 11.6. The number of sulfonamides is 1. The average molecular weight is 449 g/mol. The van der Waals surface area contributed by atoms with E-state index in [0.29, 0.717) is 37.5 Å². The van der Waals surface area contributed by atoms with Crippen molar-refractivity contribution in [3.05, 3.63) is 24.0 Å². The van der Waals surface area contributed by atoms with Crippen molar-refractivity contribution in [2.24, 2.45) is 7.05 Å². The van der Waals surface area contributed by atoms with Crippen molar-refractivity contribution < 1.29 is 13.2 Å². The number of carbonyl (C=O) groups is 1. The van der Waals surface area contributed by atoms with E-state index in [-0.39, 0.29) is 10.8 Å². The lowest BCUT2D eigenvalue weighted by molar-refractivity contribution is -0.133. The van der Waals surface area contributed by atoms with E-state index in [2.05, 4.69) is 11.9 Å². The quantitative estimate of drug-likeness (QED) is 0.586. The Balaban J connectivity index is 1.77. The maximum Gasteiger partial charge on any atom is 0.243 e. The van der Waals surface area contributed by atoms with Gasteiger partial charge in [0.15, 0.2) is 0 Å². The molecule has 31 heavy (non-hydrogen) atoms. The van der Waals surface area contributed by atoms with Crippen LogP contribution in [0.1, 0.15) is 65.1 Å². The second-order valence-corrected chi connectivity index (χ2v) is 10.2. The Kier molecular flexibility index (Phi) is 7.75. The van der Waals surface area contributed by atoms with Gasteiger partial charge in [-0.15, -0.1) is 0 Å². The van der Waals surface area contributed by atoms with Crippen molar-refractivity contribution in [1.29, 1.82) is 0 Å². The summed E-state index contributed by atoms with van der Waals surface area (Å²) in [6.45, 7) is 7.34. The average Bonchev–Trinajstić information content (AvgIpc) is 3.09. The van der Waals surface area contributed by atoms with Crippen molar-refractivity contribution in [2.45, 2.75) is 76.7 Å². The van der Waals surface area contributed by atoms with Crippen LogP contribution in [0.4, 0.5) is 0 Å². The van der Waals surface area contributed by atoms with Crippen LogP contribution in [0.5, 0.6) is 0 Å². The van der Waals surface area contributed by atoms with Gasteiger partial charge in [-0.25, -0.2) is 13.4 Å². The minimum Gasteiger partial charge on any atom is -0.340 e. The highest BCUT2D eigenvalue weighted by atomic mass is 32.2. The van der Waals surface area contributed by atoms with E-state index in [1.54, 1.807) is 12.1 Å². The number of fused-ring (bicyclic) bond motifs is 1. The summed E-state index contributed by atoms with van der Waals surface area (Å²) >= 11 is 0. The molecule has 1 aliphatic carbocycles. The van der Waals surface area contributed by atoms with Gasteiger partial charge in [0.05, 0.1) is 15.9 Å². The van der Waals surface area contributed by atoms with E-state index in [1.165, 1.54) is 23.6 Å². The minimum absolute atomic E-state index is 0.186. The summed E-state index contributed by atoms with van der Waals surface area (Å²) in [4.78, 5) is 19.9. The van der Waals surface area contributed by atoms with Crippen LogP contribution < -0.4 is 0 Å². The molecule has 0 N–H and O–H groups in total. The number of hydrogen-bond acceptors (Lipinski definition) is 4. The third-order valence-electron chi connectivity index (χ3n) is 6.53. The highest BCUT2D eigenvalue weighted by molar-refractivity contribution is 7.89. The molecule has 2 aromatic rings. The van der Waals surface area contributed by atoms with Gasteiger partial charge in [0.2, 0.25) is 15.9 Å². The zero-order valence-corrected chi connectivity index (χ0v) is 20.1. The van der Waals surface area contributed by atoms with E-state index in [4.69, 9.17) is 0 Å². The molecule has 0 unspecified atom stereocenters. The lowest BCUT2D eigenvalue weighted by atomic mass is 9.94. The molecule has 0 saturated heterocycles. The van der Waals surface area contributed by atoms with Crippen LogP contribution in [-0.2, 0) is 28.3 Å². The first-order chi connectivity index (χ1) is 14.8. The molecule has 7 nitrogen and oxygen atoms in total. The van der Waals surface area contributed by atoms with Gasteiger partial charge >= 0.3 is 0 Å². The summed E-state index contributed by atoms with van der Waals surface area (Å²) in [7, 11) is -1.60. The molecule has 3 rings (SSSR count). The van der Waals surface area contributed by atoms with Crippen LogP contribution in [0, 0.1) is 0 Å². The molecule has 1 heterocycles. The summed E-state index contributed by atoms with van der Waals surface area (Å²) in [5.74, 6) is 0.992. The van der Waals surface area contributed by atoms with E-state index < -0.39 is 10.0 Å². The molecule has 1 aliphatic rings. The lowest BCUT2D eigenvalue weighted by Gasteiger charge is -2.33. The molecule has 1 saturated carbocycles. The monoisotopic (exact) mass is 448 g/mol. The molecule has 1 aromatic carbocycles. The van der Waals surface area contributed by atoms with Gasteiger partial charge in [0.25, 0.3) is 0 Å². The Labute approximate surface area is 186 Å². The zero-order valence-electron chi connectivity index (χ0n) is 19.3. The van der Waals surface area contributed by atoms with Crippen LogP contribution in [0.3, 0.4) is 0 Å². The number of nitrogens with zero attached hydrogens (tertiary/aromatic N) is 4. The summed E-state index contributed by atoms with van der Waals surface area (Å²) < 4.78 is 29.1. The van der Waals surface area contributed by atoms with Crippen LogP contribution in [0.25, 0.3) is 11.0 Å². The predicted octanol–water partition coefficient (Wildman–Crippen LogP) is 3.72. The summed E-state index contributed by atoms with van der Waals surface area (Å²) in [6.07, 6.45) is 6.87. The molecule has 1 amide bonds. The Morgan fingerprint density at radius 3 is 2.39 bits per heavy atom. The SMILES string of the molecule is CCN(C(=O)CCc1nc2cc(S(=O)(=O)N(CC)CC)ccc2n1C)C1CCCCC1. The van der Waals surface area contributed by atoms with Crippen molar-refractivity contribution >= 4 is 27.0 Å². The van der Waals surface area contributed by atoms with E-state index in [9.17, 15) is 13.2 Å². The Morgan fingerprint density at radius 2 is 1.77 bits per heavy atom. The van der Waals surface area contributed by atoms with Crippen molar-refractivity contribution in [1.82, 2.24) is 18.8 Å². The van der Waals surface area contributed by atoms with Gasteiger partial charge in [-0.3, -0.25) is 4.79 Å². The van der Waals surface area contributed by atoms with Crippen LogP contribution in [0.2, 0.25) is 0 Å². The number of carbonyl (C=O) groups excluding carboxylic acids is 1. The standard InChI is InChI=1S/C23H36N4O3S/c1-5-26(6-2)31(29,30)19-13-14-21-20(17-19)24-22(25(21)4)15-16-23(28)27(7-3)18-11-9-8-10-12-18/h13-14,17-18H,5-12,15-16H2,1-4H3. The van der Waals surface area contributed by atoms with Crippen molar-refractivity contribution in [3.8, 4) is 0 Å². The third-order valence-corrected chi connectivity index (χ3v) is 8.57. The number of hydrogen-bond donors (Lipinski definition) is 0. The normalized spacial score (nSPS) is 15.6. The third kappa shape index (κ3) is 4.95. The lowest BCUT2D eigenvalue weighted by Crippen LogP contribution is -2.41. The number of aromatic nitrogens is 2. The number of benzene rings is 1. The van der Waals surface area contributed by atoms with Gasteiger partial charge in [-0.1, -0.05) is 33.1 Å². The first kappa shape index (κ1) is 23.7. The summed E-state index contributed by atoms with van der Waals surface area (Å²) in [5, 5.41) is 0. The molecule has 8 heteroatoms. The number of aryl methyl sites for hydroxylation is 2. The van der Waals surface area contributed by atoms with Gasteiger partial charge in [-0.2, -0.15) is 4.31 Å². The number of amides is 1. The Bertz CT molecular complexity index is 1010. The molecule has 172 valence electrons. The molecule has 1 fully saturated rings. The predicted molar refractivity (Wildman–Crippen MR) is 123 cm³/mol. The van der Waals surface area contributed by atoms with E-state index in [1.807, 2.05) is 36.4 Å². The van der Waals surface area contributed by atoms with Gasteiger partial charge in [0.1, 0.15) is 5.82 Å². The fraction of sp³-hybridized carbons (Fsp3) is 0.652. The number of rotatable bonds is 9. The van der Waals surface area contributed by atoms with Crippen molar-refractivity contribution in [2.75, 3.05) is 19.6 Å². The van der Waals surface area contributed by atoms with E-state index in [0.717, 1.165) is 30.7 Å². The fourth-order valence-corrected chi connectivity index (χ4v) is 6.20. The molecular weight excluding hydrogens is 412 g/mol. The summed E-state index contributed by atoms with van der Waals surface area (Å²) in [6, 6.07) is 5.48. The zero-order chi connectivity index (χ0) is 22.6. The highest BCUT2D eigenvalue weighted by Gasteiger charge is 2.25. The molecule has 0 atom stereocenters. The molecular formula is C23H36N4O3S. The topological polar surface area (TPSA) is 75.5 Å². The van der Waals surface area contributed by atoms with Crippen LogP contribution in [0.15, 0.2) is 23.1 Å². The largest absolute Gasteiger partial charge is 0.340 e. The van der Waals surface area contributed by atoms with Crippen LogP contribution >= 0.6 is 0 Å². The van der Waals surface area contributed by atoms with E-state index >= 15 is 0 Å². The fourth-order valence-electron chi connectivity index (χ4n) is 4.72. The van der Waals surface area contributed by atoms with Gasteiger partial charge in [0, 0.05) is 45.6 Å². The molecule has 1 aromatic heterocycles. The van der Waals surface area contributed by atoms with Crippen molar-refractivity contribution in [3.63, 3.8) is 0 Å². The number of imidazole rings is 1. The second kappa shape index (κ2) is 10.1. The smallest absolute Gasteiger partial charge is 0.243 e. The highest BCUT2D eigenvalue weighted by Crippen LogP contribution is 2.25. The first-order valence-corrected chi connectivity index (χ1v) is 13.0. The van der Waals surface area contributed by atoms with Gasteiger partial charge in [-0.05, 0) is 38.0 Å². The molecule has 0 bridgehead atoms. The van der Waals surface area contributed by atoms with Gasteiger partial charge < -0.3 is 9.47 Å². The maximum atomic E-state index is 12.9. The summed E-state index contributed by atoms with van der Waals surface area (Å²) in [5.41, 5.74) is 1.53. The second-order valence-electron chi connectivity index (χ2n) is 8.30. The Morgan fingerprint density at radius 1 is 1.10 bits per heavy atom. The molecule has 0 spiro atoms.